The minimum absolute atomic E-state index is 0.844. The zero-order valence-electron chi connectivity index (χ0n) is 9.95. The number of aromatic nitrogens is 3. The highest BCUT2D eigenvalue weighted by molar-refractivity contribution is 5.85. The fraction of sp³-hybridized carbons (Fsp3) is 0.133. The van der Waals surface area contributed by atoms with E-state index in [9.17, 15) is 0 Å². The topological polar surface area (TPSA) is 38.7 Å². The van der Waals surface area contributed by atoms with Gasteiger partial charge in [-0.3, -0.25) is 0 Å². The van der Waals surface area contributed by atoms with E-state index in [1.165, 1.54) is 16.3 Å². The Balaban J connectivity index is 1.87. The SMILES string of the molecule is c1ccc2c(CCc3ncncn3)cccc2c1. The molecule has 0 fully saturated rings. The van der Waals surface area contributed by atoms with Gasteiger partial charge in [0.25, 0.3) is 0 Å². The lowest BCUT2D eigenvalue weighted by Gasteiger charge is -2.05. The van der Waals surface area contributed by atoms with Gasteiger partial charge in [0.15, 0.2) is 0 Å². The third kappa shape index (κ3) is 2.20. The first kappa shape index (κ1) is 10.8. The molecule has 0 spiro atoms. The first-order chi connectivity index (χ1) is 8.93. The summed E-state index contributed by atoms with van der Waals surface area (Å²) < 4.78 is 0. The summed E-state index contributed by atoms with van der Waals surface area (Å²) in [5, 5.41) is 2.60. The van der Waals surface area contributed by atoms with Crippen LogP contribution >= 0.6 is 0 Å². The molecule has 1 aromatic heterocycles. The van der Waals surface area contributed by atoms with Gasteiger partial charge in [-0.15, -0.1) is 0 Å². The predicted molar refractivity (Wildman–Crippen MR) is 71.2 cm³/mol. The van der Waals surface area contributed by atoms with Crippen molar-refractivity contribution in [1.82, 2.24) is 15.0 Å². The Hall–Kier alpha value is -2.29. The summed E-state index contributed by atoms with van der Waals surface area (Å²) >= 11 is 0. The Morgan fingerprint density at radius 2 is 1.56 bits per heavy atom. The van der Waals surface area contributed by atoms with E-state index < -0.39 is 0 Å². The molecule has 3 rings (SSSR count). The summed E-state index contributed by atoms with van der Waals surface area (Å²) in [4.78, 5) is 12.1. The summed E-state index contributed by atoms with van der Waals surface area (Å²) in [5.74, 6) is 0.845. The number of nitrogens with zero attached hydrogens (tertiary/aromatic N) is 3. The molecule has 0 aliphatic carbocycles. The highest BCUT2D eigenvalue weighted by Gasteiger charge is 2.02. The fourth-order valence-electron chi connectivity index (χ4n) is 2.15. The van der Waals surface area contributed by atoms with Gasteiger partial charge in [0.1, 0.15) is 18.5 Å². The number of hydrogen-bond donors (Lipinski definition) is 0. The first-order valence-corrected chi connectivity index (χ1v) is 6.01. The molecule has 0 saturated heterocycles. The van der Waals surface area contributed by atoms with Crippen LogP contribution in [0.3, 0.4) is 0 Å². The van der Waals surface area contributed by atoms with E-state index in [4.69, 9.17) is 0 Å². The van der Waals surface area contributed by atoms with Crippen LogP contribution in [-0.4, -0.2) is 15.0 Å². The monoisotopic (exact) mass is 235 g/mol. The quantitative estimate of drug-likeness (QED) is 0.700. The lowest BCUT2D eigenvalue weighted by Crippen LogP contribution is -1.98. The van der Waals surface area contributed by atoms with Gasteiger partial charge in [0, 0.05) is 6.42 Å². The fourth-order valence-corrected chi connectivity index (χ4v) is 2.15. The van der Waals surface area contributed by atoms with E-state index in [0.29, 0.717) is 0 Å². The molecule has 1 heterocycles. The summed E-state index contributed by atoms with van der Waals surface area (Å²) in [6.45, 7) is 0. The largest absolute Gasteiger partial charge is 0.225 e. The van der Waals surface area contributed by atoms with Crippen molar-refractivity contribution in [2.75, 3.05) is 0 Å². The lowest BCUT2D eigenvalue weighted by atomic mass is 10.0. The van der Waals surface area contributed by atoms with Gasteiger partial charge in [0.2, 0.25) is 0 Å². The molecule has 0 aliphatic rings. The Kier molecular flexibility index (Phi) is 2.96. The normalized spacial score (nSPS) is 10.7. The van der Waals surface area contributed by atoms with Crippen molar-refractivity contribution in [3.8, 4) is 0 Å². The first-order valence-electron chi connectivity index (χ1n) is 6.01. The number of fused-ring (bicyclic) bond motifs is 1. The van der Waals surface area contributed by atoms with Crippen molar-refractivity contribution < 1.29 is 0 Å². The molecule has 3 aromatic rings. The molecule has 0 amide bonds. The van der Waals surface area contributed by atoms with Crippen molar-refractivity contribution in [3.63, 3.8) is 0 Å². The summed E-state index contributed by atoms with van der Waals surface area (Å²) in [6, 6.07) is 14.9. The molecule has 0 aliphatic heterocycles. The molecule has 18 heavy (non-hydrogen) atoms. The molecular weight excluding hydrogens is 222 g/mol. The minimum Gasteiger partial charge on any atom is -0.225 e. The highest BCUT2D eigenvalue weighted by Crippen LogP contribution is 2.19. The molecule has 3 nitrogen and oxygen atoms in total. The summed E-state index contributed by atoms with van der Waals surface area (Å²) in [5.41, 5.74) is 1.34. The van der Waals surface area contributed by atoms with Crippen molar-refractivity contribution in [2.24, 2.45) is 0 Å². The highest BCUT2D eigenvalue weighted by atomic mass is 15.0. The third-order valence-electron chi connectivity index (χ3n) is 3.04. The van der Waals surface area contributed by atoms with Crippen LogP contribution in [0.2, 0.25) is 0 Å². The molecule has 0 radical (unpaired) electrons. The van der Waals surface area contributed by atoms with Crippen LogP contribution in [0, 0.1) is 0 Å². The van der Waals surface area contributed by atoms with Gasteiger partial charge in [-0.1, -0.05) is 42.5 Å². The van der Waals surface area contributed by atoms with Crippen LogP contribution < -0.4 is 0 Å². The molecule has 0 atom stereocenters. The van der Waals surface area contributed by atoms with Gasteiger partial charge < -0.3 is 0 Å². The zero-order valence-corrected chi connectivity index (χ0v) is 9.95. The third-order valence-corrected chi connectivity index (χ3v) is 3.04. The predicted octanol–water partition coefficient (Wildman–Crippen LogP) is 2.81. The molecular formula is C15H13N3. The number of aryl methyl sites for hydroxylation is 2. The average molecular weight is 235 g/mol. The van der Waals surface area contributed by atoms with Crippen LogP contribution in [-0.2, 0) is 12.8 Å². The summed E-state index contributed by atoms with van der Waals surface area (Å²) in [7, 11) is 0. The molecule has 2 aromatic carbocycles. The Morgan fingerprint density at radius 3 is 2.44 bits per heavy atom. The van der Waals surface area contributed by atoms with Crippen molar-refractivity contribution in [3.05, 3.63) is 66.5 Å². The maximum atomic E-state index is 4.15. The van der Waals surface area contributed by atoms with E-state index in [1.54, 1.807) is 12.7 Å². The molecule has 0 N–H and O–H groups in total. The van der Waals surface area contributed by atoms with Crippen molar-refractivity contribution >= 4 is 10.8 Å². The molecule has 0 bridgehead atoms. The van der Waals surface area contributed by atoms with Crippen LogP contribution in [0.5, 0.6) is 0 Å². The van der Waals surface area contributed by atoms with E-state index in [0.717, 1.165) is 18.7 Å². The average Bonchev–Trinajstić information content (AvgIpc) is 2.46. The van der Waals surface area contributed by atoms with Crippen LogP contribution in [0.25, 0.3) is 10.8 Å². The Bertz CT molecular complexity index is 645. The van der Waals surface area contributed by atoms with E-state index in [2.05, 4.69) is 57.4 Å². The molecule has 0 unspecified atom stereocenters. The molecule has 88 valence electrons. The second-order valence-electron chi connectivity index (χ2n) is 4.19. The number of rotatable bonds is 3. The Morgan fingerprint density at radius 1 is 0.778 bits per heavy atom. The van der Waals surface area contributed by atoms with Crippen LogP contribution in [0.4, 0.5) is 0 Å². The second-order valence-corrected chi connectivity index (χ2v) is 4.19. The maximum Gasteiger partial charge on any atom is 0.132 e. The smallest absolute Gasteiger partial charge is 0.132 e. The second kappa shape index (κ2) is 4.92. The maximum absolute atomic E-state index is 4.15. The standard InChI is InChI=1S/C15H13N3/c1-2-7-14-12(4-1)5-3-6-13(14)8-9-15-17-10-16-11-18-15/h1-7,10-11H,8-9H2. The Labute approximate surface area is 106 Å². The van der Waals surface area contributed by atoms with Crippen LogP contribution in [0.1, 0.15) is 11.4 Å². The van der Waals surface area contributed by atoms with E-state index in [1.807, 2.05) is 0 Å². The van der Waals surface area contributed by atoms with Gasteiger partial charge in [-0.2, -0.15) is 0 Å². The van der Waals surface area contributed by atoms with Crippen molar-refractivity contribution in [2.45, 2.75) is 12.8 Å². The molecule has 0 saturated carbocycles. The lowest BCUT2D eigenvalue weighted by molar-refractivity contribution is 0.838. The summed E-state index contributed by atoms with van der Waals surface area (Å²) in [6.07, 6.45) is 4.89. The zero-order chi connectivity index (χ0) is 12.2. The minimum atomic E-state index is 0.844. The van der Waals surface area contributed by atoms with Crippen molar-refractivity contribution in [1.29, 1.82) is 0 Å². The van der Waals surface area contributed by atoms with Crippen LogP contribution in [0.15, 0.2) is 55.1 Å². The molecule has 3 heteroatoms. The van der Waals surface area contributed by atoms with E-state index >= 15 is 0 Å². The number of benzene rings is 2. The van der Waals surface area contributed by atoms with Gasteiger partial charge in [-0.05, 0) is 22.8 Å². The number of hydrogen-bond acceptors (Lipinski definition) is 3. The van der Waals surface area contributed by atoms with Gasteiger partial charge >= 0.3 is 0 Å². The van der Waals surface area contributed by atoms with Gasteiger partial charge in [-0.25, -0.2) is 15.0 Å². The van der Waals surface area contributed by atoms with Gasteiger partial charge in [0.05, 0.1) is 0 Å². The van der Waals surface area contributed by atoms with E-state index in [-0.39, 0.29) is 0 Å².